The maximum absolute atomic E-state index is 13.5. The molecule has 160 valence electrons. The fourth-order valence-electron chi connectivity index (χ4n) is 3.75. The van der Waals surface area contributed by atoms with E-state index in [0.717, 1.165) is 9.71 Å². The quantitative estimate of drug-likeness (QED) is 0.401. The van der Waals surface area contributed by atoms with E-state index in [1.165, 1.54) is 27.6 Å². The van der Waals surface area contributed by atoms with Crippen molar-refractivity contribution in [1.29, 1.82) is 0 Å². The number of fused-ring (bicyclic) bond motifs is 1. The van der Waals surface area contributed by atoms with Crippen molar-refractivity contribution >= 4 is 61.3 Å². The topological polar surface area (TPSA) is 96.3 Å². The van der Waals surface area contributed by atoms with Gasteiger partial charge < -0.3 is 5.11 Å². The van der Waals surface area contributed by atoms with Crippen molar-refractivity contribution in [1.82, 2.24) is 15.0 Å². The first-order chi connectivity index (χ1) is 15.3. The number of ketones is 1. The molecule has 0 radical (unpaired) electrons. The number of aliphatic hydroxyl groups excluding tert-OH is 1. The highest BCUT2D eigenvalue weighted by molar-refractivity contribution is 7.22. The van der Waals surface area contributed by atoms with Crippen LogP contribution in [0.15, 0.2) is 54.1 Å². The number of Topliss-reactive ketones (excluding diaryl/α,β-unsaturated/α-hetero) is 1. The molecular formula is C22H15ClN4O3S2. The van der Waals surface area contributed by atoms with E-state index < -0.39 is 23.5 Å². The lowest BCUT2D eigenvalue weighted by molar-refractivity contribution is -0.117. The number of benzene rings is 1. The van der Waals surface area contributed by atoms with Gasteiger partial charge in [0.2, 0.25) is 5.78 Å². The molecule has 0 spiro atoms. The lowest BCUT2D eigenvalue weighted by Crippen LogP contribution is -2.31. The van der Waals surface area contributed by atoms with Gasteiger partial charge in [-0.15, -0.1) is 11.3 Å². The summed E-state index contributed by atoms with van der Waals surface area (Å²) in [7, 11) is 0. The van der Waals surface area contributed by atoms with E-state index in [-0.39, 0.29) is 5.57 Å². The number of halogens is 1. The lowest BCUT2D eigenvalue weighted by Gasteiger charge is -2.24. The highest BCUT2D eigenvalue weighted by Gasteiger charge is 2.46. The van der Waals surface area contributed by atoms with Gasteiger partial charge in [-0.3, -0.25) is 19.5 Å². The molecule has 0 saturated heterocycles. The van der Waals surface area contributed by atoms with Crippen molar-refractivity contribution in [2.45, 2.75) is 19.9 Å². The van der Waals surface area contributed by atoms with E-state index in [1.54, 1.807) is 56.6 Å². The van der Waals surface area contributed by atoms with Gasteiger partial charge in [0.15, 0.2) is 10.9 Å². The second-order valence-electron chi connectivity index (χ2n) is 7.21. The number of amides is 1. The molecule has 1 amide bonds. The van der Waals surface area contributed by atoms with Crippen LogP contribution in [0, 0.1) is 13.8 Å². The average Bonchev–Trinajstić information content (AvgIpc) is 3.41. The van der Waals surface area contributed by atoms with Gasteiger partial charge in [0.25, 0.3) is 5.91 Å². The summed E-state index contributed by atoms with van der Waals surface area (Å²) in [6.07, 6.45) is 3.16. The van der Waals surface area contributed by atoms with Crippen LogP contribution >= 0.6 is 34.3 Å². The van der Waals surface area contributed by atoms with Gasteiger partial charge in [0, 0.05) is 17.4 Å². The summed E-state index contributed by atoms with van der Waals surface area (Å²) < 4.78 is 0.793. The van der Waals surface area contributed by atoms with Crippen LogP contribution in [-0.4, -0.2) is 31.7 Å². The molecule has 4 aromatic rings. The Morgan fingerprint density at radius 1 is 1.12 bits per heavy atom. The average molecular weight is 483 g/mol. The SMILES string of the molecule is Cc1nc(C)c(C(=O)C2=C(O)C(=O)N(c3nc4ccc(Cl)cc4s3)C2c2ccncc2)s1. The highest BCUT2D eigenvalue weighted by Crippen LogP contribution is 2.44. The standard InChI is InChI=1S/C22H15ClN4O3S2/c1-10-20(31-11(2)25-10)18(28)16-17(12-5-7-24-8-6-12)27(21(30)19(16)29)22-26-14-4-3-13(23)9-15(14)32-22/h3-9,17,29H,1-2H3. The zero-order valence-electron chi connectivity index (χ0n) is 16.9. The molecule has 1 aliphatic rings. The minimum atomic E-state index is -0.851. The molecule has 10 heteroatoms. The van der Waals surface area contributed by atoms with Crippen LogP contribution in [0.2, 0.25) is 5.02 Å². The number of aliphatic hydroxyl groups is 1. The zero-order valence-corrected chi connectivity index (χ0v) is 19.3. The molecule has 3 aromatic heterocycles. The number of hydrogen-bond acceptors (Lipinski definition) is 8. The third-order valence-electron chi connectivity index (χ3n) is 5.13. The maximum Gasteiger partial charge on any atom is 0.296 e. The summed E-state index contributed by atoms with van der Waals surface area (Å²) in [5, 5.41) is 12.5. The van der Waals surface area contributed by atoms with E-state index in [0.29, 0.717) is 31.8 Å². The fraction of sp³-hybridized carbons (Fsp3) is 0.136. The van der Waals surface area contributed by atoms with E-state index in [1.807, 2.05) is 0 Å². The number of anilines is 1. The molecule has 7 nitrogen and oxygen atoms in total. The zero-order chi connectivity index (χ0) is 22.6. The van der Waals surface area contributed by atoms with Gasteiger partial charge in [-0.2, -0.15) is 0 Å². The van der Waals surface area contributed by atoms with Crippen LogP contribution in [0.4, 0.5) is 5.13 Å². The van der Waals surface area contributed by atoms with Crippen LogP contribution in [0.3, 0.4) is 0 Å². The van der Waals surface area contributed by atoms with Crippen LogP contribution in [-0.2, 0) is 4.79 Å². The summed E-state index contributed by atoms with van der Waals surface area (Å²) in [5.41, 5.74) is 1.87. The van der Waals surface area contributed by atoms with Gasteiger partial charge in [-0.25, -0.2) is 9.97 Å². The van der Waals surface area contributed by atoms with Crippen molar-refractivity contribution < 1.29 is 14.7 Å². The Morgan fingerprint density at radius 3 is 2.56 bits per heavy atom. The smallest absolute Gasteiger partial charge is 0.296 e. The Labute approximate surface area is 195 Å². The number of aromatic nitrogens is 3. The molecule has 1 aliphatic heterocycles. The van der Waals surface area contributed by atoms with Gasteiger partial charge in [-0.05, 0) is 49.7 Å². The summed E-state index contributed by atoms with van der Waals surface area (Å²) in [6, 6.07) is 7.83. The summed E-state index contributed by atoms with van der Waals surface area (Å²) in [6.45, 7) is 3.54. The number of pyridine rings is 1. The first-order valence-electron chi connectivity index (χ1n) is 9.56. The van der Waals surface area contributed by atoms with Gasteiger partial charge in [0.1, 0.15) is 0 Å². The van der Waals surface area contributed by atoms with Crippen molar-refractivity contribution in [3.63, 3.8) is 0 Å². The number of carbonyl (C=O) groups is 2. The molecule has 1 atom stereocenters. The monoisotopic (exact) mass is 482 g/mol. The molecule has 1 unspecified atom stereocenters. The van der Waals surface area contributed by atoms with Crippen LogP contribution in [0.1, 0.15) is 32.0 Å². The Morgan fingerprint density at radius 2 is 1.88 bits per heavy atom. The Kier molecular flexibility index (Phi) is 5.04. The molecule has 0 saturated carbocycles. The van der Waals surface area contributed by atoms with Crippen molar-refractivity contribution in [3.8, 4) is 0 Å². The minimum absolute atomic E-state index is 0.00485. The number of carbonyl (C=O) groups excluding carboxylic acids is 2. The predicted molar refractivity (Wildman–Crippen MR) is 125 cm³/mol. The molecule has 0 bridgehead atoms. The van der Waals surface area contributed by atoms with Gasteiger partial charge in [0.05, 0.1) is 37.4 Å². The number of thiazole rings is 2. The molecule has 32 heavy (non-hydrogen) atoms. The predicted octanol–water partition coefficient (Wildman–Crippen LogP) is 5.20. The van der Waals surface area contributed by atoms with E-state index in [2.05, 4.69) is 15.0 Å². The first-order valence-corrected chi connectivity index (χ1v) is 11.6. The molecule has 1 aromatic carbocycles. The number of hydrogen-bond donors (Lipinski definition) is 1. The molecule has 0 fully saturated rings. The summed E-state index contributed by atoms with van der Waals surface area (Å²) in [5.74, 6) is -1.69. The fourth-order valence-corrected chi connectivity index (χ4v) is 5.89. The van der Waals surface area contributed by atoms with Crippen LogP contribution in [0.25, 0.3) is 10.2 Å². The highest BCUT2D eigenvalue weighted by atomic mass is 35.5. The largest absolute Gasteiger partial charge is 0.503 e. The third-order valence-corrected chi connectivity index (χ3v) is 7.45. The number of aryl methyl sites for hydroxylation is 2. The molecule has 0 aliphatic carbocycles. The second kappa shape index (κ2) is 7.77. The first kappa shape index (κ1) is 20.7. The Bertz CT molecular complexity index is 1430. The molecule has 1 N–H and O–H groups in total. The third kappa shape index (κ3) is 3.29. The lowest BCUT2D eigenvalue weighted by atomic mass is 9.96. The summed E-state index contributed by atoms with van der Waals surface area (Å²) >= 11 is 8.61. The van der Waals surface area contributed by atoms with Crippen molar-refractivity contribution in [2.75, 3.05) is 4.90 Å². The van der Waals surface area contributed by atoms with E-state index >= 15 is 0 Å². The van der Waals surface area contributed by atoms with Crippen LogP contribution < -0.4 is 4.90 Å². The van der Waals surface area contributed by atoms with Crippen molar-refractivity contribution in [2.24, 2.45) is 0 Å². The molecule has 4 heterocycles. The van der Waals surface area contributed by atoms with Gasteiger partial charge in [-0.1, -0.05) is 22.9 Å². The number of rotatable bonds is 4. The summed E-state index contributed by atoms with van der Waals surface area (Å²) in [4.78, 5) is 41.5. The maximum atomic E-state index is 13.5. The van der Waals surface area contributed by atoms with Gasteiger partial charge >= 0.3 is 0 Å². The van der Waals surface area contributed by atoms with E-state index in [9.17, 15) is 14.7 Å². The molecule has 5 rings (SSSR count). The van der Waals surface area contributed by atoms with Crippen LogP contribution in [0.5, 0.6) is 0 Å². The Balaban J connectivity index is 1.68. The normalized spacial score (nSPS) is 16.4. The molecular weight excluding hydrogens is 468 g/mol. The van der Waals surface area contributed by atoms with Crippen molar-refractivity contribution in [3.05, 3.63) is 80.2 Å². The Hall–Kier alpha value is -3.14. The minimum Gasteiger partial charge on any atom is -0.503 e. The second-order valence-corrected chi connectivity index (χ2v) is 9.85. The van der Waals surface area contributed by atoms with E-state index in [4.69, 9.17) is 11.6 Å². The number of nitrogens with zero attached hydrogens (tertiary/aromatic N) is 4.